The molecule has 2 N–H and O–H groups in total. The highest BCUT2D eigenvalue weighted by atomic mass is 16.4. The molecule has 22 heavy (non-hydrogen) atoms. The Labute approximate surface area is 128 Å². The average Bonchev–Trinajstić information content (AvgIpc) is 2.89. The Morgan fingerprint density at radius 2 is 1.68 bits per heavy atom. The molecular weight excluding hydrogens is 278 g/mol. The first-order valence-electron chi connectivity index (χ1n) is 7.02. The summed E-state index contributed by atoms with van der Waals surface area (Å²) in [6.45, 7) is 0. The lowest BCUT2D eigenvalue weighted by Gasteiger charge is -2.21. The van der Waals surface area contributed by atoms with Crippen LogP contribution in [0.4, 0.5) is 5.69 Å². The van der Waals surface area contributed by atoms with Crippen molar-refractivity contribution in [2.45, 2.75) is 12.0 Å². The highest BCUT2D eigenvalue weighted by molar-refractivity contribution is 5.99. The molecule has 0 fully saturated rings. The lowest BCUT2D eigenvalue weighted by atomic mass is 9.92. The van der Waals surface area contributed by atoms with E-state index < -0.39 is 5.97 Å². The van der Waals surface area contributed by atoms with Gasteiger partial charge in [-0.15, -0.1) is 0 Å². The molecule has 110 valence electrons. The zero-order valence-electron chi connectivity index (χ0n) is 11.8. The summed E-state index contributed by atoms with van der Waals surface area (Å²) in [5, 5.41) is 12.2. The standard InChI is InChI=1S/C18H15NO3/c20-16-11-10-15(17(16)12-4-2-1-3-5-12)19-14-8-6-13(7-9-14)18(21)22/h1-11,15,17,19H,(H,21,22). The molecule has 0 saturated heterocycles. The van der Waals surface area contributed by atoms with Crippen molar-refractivity contribution in [3.05, 3.63) is 77.9 Å². The molecule has 2 unspecified atom stereocenters. The van der Waals surface area contributed by atoms with E-state index >= 15 is 0 Å². The number of benzene rings is 2. The monoisotopic (exact) mass is 293 g/mol. The molecule has 0 radical (unpaired) electrons. The van der Waals surface area contributed by atoms with Gasteiger partial charge in [-0.25, -0.2) is 4.79 Å². The summed E-state index contributed by atoms with van der Waals surface area (Å²) >= 11 is 0. The van der Waals surface area contributed by atoms with Crippen molar-refractivity contribution in [3.8, 4) is 0 Å². The Morgan fingerprint density at radius 3 is 2.32 bits per heavy atom. The second-order valence-electron chi connectivity index (χ2n) is 5.20. The fourth-order valence-corrected chi connectivity index (χ4v) is 2.66. The first-order valence-corrected chi connectivity index (χ1v) is 7.02. The van der Waals surface area contributed by atoms with Crippen LogP contribution in [0.25, 0.3) is 0 Å². The topological polar surface area (TPSA) is 66.4 Å². The minimum absolute atomic E-state index is 0.0749. The van der Waals surface area contributed by atoms with E-state index in [1.807, 2.05) is 36.4 Å². The van der Waals surface area contributed by atoms with Gasteiger partial charge in [0.05, 0.1) is 17.5 Å². The van der Waals surface area contributed by atoms with E-state index in [1.165, 1.54) is 0 Å². The highest BCUT2D eigenvalue weighted by Crippen LogP contribution is 2.29. The predicted octanol–water partition coefficient (Wildman–Crippen LogP) is 3.09. The molecule has 1 aliphatic carbocycles. The van der Waals surface area contributed by atoms with Crippen molar-refractivity contribution < 1.29 is 14.7 Å². The molecule has 2 aromatic carbocycles. The number of rotatable bonds is 4. The molecule has 0 spiro atoms. The first-order chi connectivity index (χ1) is 10.6. The summed E-state index contributed by atoms with van der Waals surface area (Å²) in [5.41, 5.74) is 2.00. The Kier molecular flexibility index (Phi) is 3.74. The Morgan fingerprint density at radius 1 is 1.00 bits per heavy atom. The molecule has 1 aliphatic rings. The second-order valence-corrected chi connectivity index (χ2v) is 5.20. The van der Waals surface area contributed by atoms with E-state index in [0.717, 1.165) is 11.3 Å². The van der Waals surface area contributed by atoms with E-state index in [2.05, 4.69) is 5.32 Å². The van der Waals surface area contributed by atoms with Crippen LogP contribution in [-0.2, 0) is 4.79 Å². The molecule has 0 aliphatic heterocycles. The van der Waals surface area contributed by atoms with Crippen molar-refractivity contribution in [2.75, 3.05) is 5.32 Å². The van der Waals surface area contributed by atoms with Gasteiger partial charge in [-0.1, -0.05) is 36.4 Å². The number of anilines is 1. The highest BCUT2D eigenvalue weighted by Gasteiger charge is 2.31. The van der Waals surface area contributed by atoms with Gasteiger partial charge >= 0.3 is 5.97 Å². The van der Waals surface area contributed by atoms with Crippen LogP contribution in [0.2, 0.25) is 0 Å². The zero-order chi connectivity index (χ0) is 15.5. The van der Waals surface area contributed by atoms with Crippen molar-refractivity contribution in [2.24, 2.45) is 0 Å². The molecule has 2 atom stereocenters. The maximum atomic E-state index is 12.1. The molecule has 4 nitrogen and oxygen atoms in total. The summed E-state index contributed by atoms with van der Waals surface area (Å²) in [7, 11) is 0. The van der Waals surface area contributed by atoms with Crippen LogP contribution >= 0.6 is 0 Å². The molecule has 0 heterocycles. The number of carbonyl (C=O) groups excluding carboxylic acids is 1. The quantitative estimate of drug-likeness (QED) is 0.909. The van der Waals surface area contributed by atoms with E-state index in [-0.39, 0.29) is 23.3 Å². The Hall–Kier alpha value is -2.88. The lowest BCUT2D eigenvalue weighted by Crippen LogP contribution is -2.26. The number of allylic oxidation sites excluding steroid dienone is 1. The average molecular weight is 293 g/mol. The molecule has 0 aromatic heterocycles. The van der Waals surface area contributed by atoms with E-state index in [1.54, 1.807) is 30.3 Å². The maximum Gasteiger partial charge on any atom is 0.335 e. The molecule has 0 amide bonds. The van der Waals surface area contributed by atoms with Gasteiger partial charge in [0.15, 0.2) is 5.78 Å². The fourth-order valence-electron chi connectivity index (χ4n) is 2.66. The van der Waals surface area contributed by atoms with Gasteiger partial charge in [0.25, 0.3) is 0 Å². The van der Waals surface area contributed by atoms with Crippen molar-refractivity contribution >= 4 is 17.4 Å². The predicted molar refractivity (Wildman–Crippen MR) is 84.1 cm³/mol. The molecule has 3 rings (SSSR count). The summed E-state index contributed by atoms with van der Waals surface area (Å²) in [4.78, 5) is 23.0. The number of hydrogen-bond acceptors (Lipinski definition) is 3. The first kappa shape index (κ1) is 14.1. The minimum atomic E-state index is -0.954. The molecular formula is C18H15NO3. The summed E-state index contributed by atoms with van der Waals surface area (Å²) in [6, 6.07) is 16.0. The molecule has 2 aromatic rings. The van der Waals surface area contributed by atoms with Crippen LogP contribution in [0.5, 0.6) is 0 Å². The Balaban J connectivity index is 1.80. The van der Waals surface area contributed by atoms with Gasteiger partial charge in [0.2, 0.25) is 0 Å². The number of ketones is 1. The van der Waals surface area contributed by atoms with Gasteiger partial charge in [-0.3, -0.25) is 4.79 Å². The van der Waals surface area contributed by atoms with Crippen molar-refractivity contribution in [1.29, 1.82) is 0 Å². The summed E-state index contributed by atoms with van der Waals surface area (Å²) < 4.78 is 0. The number of aromatic carboxylic acids is 1. The fraction of sp³-hybridized carbons (Fsp3) is 0.111. The van der Waals surface area contributed by atoms with Crippen LogP contribution in [0.1, 0.15) is 21.8 Å². The number of nitrogens with one attached hydrogen (secondary N) is 1. The van der Waals surface area contributed by atoms with Crippen molar-refractivity contribution in [1.82, 2.24) is 0 Å². The lowest BCUT2D eigenvalue weighted by molar-refractivity contribution is -0.115. The van der Waals surface area contributed by atoms with Crippen LogP contribution in [0.15, 0.2) is 66.7 Å². The summed E-state index contributed by atoms with van der Waals surface area (Å²) in [5.74, 6) is -1.13. The molecule has 0 bridgehead atoms. The molecule has 0 saturated carbocycles. The third-order valence-corrected chi connectivity index (χ3v) is 3.76. The van der Waals surface area contributed by atoms with Gasteiger partial charge in [0.1, 0.15) is 0 Å². The van der Waals surface area contributed by atoms with Gasteiger partial charge in [-0.05, 0) is 35.9 Å². The number of carboxylic acid groups (broad SMARTS) is 1. The van der Waals surface area contributed by atoms with Crippen LogP contribution in [0, 0.1) is 0 Å². The number of hydrogen-bond donors (Lipinski definition) is 2. The van der Waals surface area contributed by atoms with Gasteiger partial charge in [0, 0.05) is 5.69 Å². The van der Waals surface area contributed by atoms with E-state index in [9.17, 15) is 9.59 Å². The number of carbonyl (C=O) groups is 2. The van der Waals surface area contributed by atoms with Crippen LogP contribution in [-0.4, -0.2) is 22.9 Å². The van der Waals surface area contributed by atoms with E-state index in [4.69, 9.17) is 5.11 Å². The van der Waals surface area contributed by atoms with Gasteiger partial charge < -0.3 is 10.4 Å². The van der Waals surface area contributed by atoms with Gasteiger partial charge in [-0.2, -0.15) is 0 Å². The maximum absolute atomic E-state index is 12.1. The van der Waals surface area contributed by atoms with Crippen molar-refractivity contribution in [3.63, 3.8) is 0 Å². The number of carboxylic acids is 1. The third kappa shape index (κ3) is 2.76. The summed E-state index contributed by atoms with van der Waals surface area (Å²) in [6.07, 6.45) is 3.45. The third-order valence-electron chi connectivity index (χ3n) is 3.76. The normalized spacial score (nSPS) is 20.1. The Bertz CT molecular complexity index is 720. The van der Waals surface area contributed by atoms with Crippen LogP contribution < -0.4 is 5.32 Å². The van der Waals surface area contributed by atoms with E-state index in [0.29, 0.717) is 0 Å². The van der Waals surface area contributed by atoms with Crippen LogP contribution in [0.3, 0.4) is 0 Å². The second kappa shape index (κ2) is 5.85. The SMILES string of the molecule is O=C(O)c1ccc(NC2C=CC(=O)C2c2ccccc2)cc1. The largest absolute Gasteiger partial charge is 0.478 e. The smallest absolute Gasteiger partial charge is 0.335 e. The molecule has 4 heteroatoms. The minimum Gasteiger partial charge on any atom is -0.478 e. The zero-order valence-corrected chi connectivity index (χ0v) is 11.8.